The van der Waals surface area contributed by atoms with Crippen LogP contribution >= 0.6 is 0 Å². The van der Waals surface area contributed by atoms with Crippen molar-refractivity contribution in [1.29, 1.82) is 5.26 Å². The molecule has 0 aliphatic carbocycles. The summed E-state index contributed by atoms with van der Waals surface area (Å²) >= 11 is 0. The second-order valence-electron chi connectivity index (χ2n) is 5.06. The molecular formula is C12H20N2O. The lowest BCUT2D eigenvalue weighted by atomic mass is 9.85. The highest BCUT2D eigenvalue weighted by molar-refractivity contribution is 5.76. The molecule has 1 aliphatic heterocycles. The first kappa shape index (κ1) is 12.0. The third kappa shape index (κ3) is 3.91. The van der Waals surface area contributed by atoms with Gasteiger partial charge in [-0.05, 0) is 24.7 Å². The van der Waals surface area contributed by atoms with Crippen molar-refractivity contribution >= 4 is 5.91 Å². The van der Waals surface area contributed by atoms with Crippen LogP contribution in [0.4, 0.5) is 0 Å². The Morgan fingerprint density at radius 1 is 1.47 bits per heavy atom. The van der Waals surface area contributed by atoms with Crippen LogP contribution < -0.4 is 0 Å². The van der Waals surface area contributed by atoms with Crippen LogP contribution in [0.25, 0.3) is 0 Å². The van der Waals surface area contributed by atoms with Crippen molar-refractivity contribution in [2.45, 2.75) is 46.0 Å². The van der Waals surface area contributed by atoms with Crippen molar-refractivity contribution in [1.82, 2.24) is 4.90 Å². The second-order valence-corrected chi connectivity index (χ2v) is 5.06. The number of likely N-dealkylation sites (tertiary alicyclic amines) is 1. The van der Waals surface area contributed by atoms with E-state index in [1.165, 1.54) is 0 Å². The van der Waals surface area contributed by atoms with E-state index in [0.717, 1.165) is 32.4 Å². The summed E-state index contributed by atoms with van der Waals surface area (Å²) in [6.07, 6.45) is 4.08. The molecule has 84 valence electrons. The average Bonchev–Trinajstić information content (AvgIpc) is 2.31. The van der Waals surface area contributed by atoms with Crippen molar-refractivity contribution < 1.29 is 4.79 Å². The molecule has 0 saturated carbocycles. The van der Waals surface area contributed by atoms with Gasteiger partial charge in [0, 0.05) is 25.9 Å². The van der Waals surface area contributed by atoms with Crippen molar-refractivity contribution in [3.05, 3.63) is 0 Å². The maximum atomic E-state index is 11.7. The lowest BCUT2D eigenvalue weighted by molar-refractivity contribution is -0.130. The van der Waals surface area contributed by atoms with Crippen LogP contribution in [0.3, 0.4) is 0 Å². The maximum absolute atomic E-state index is 11.7. The first-order valence-corrected chi connectivity index (χ1v) is 5.70. The van der Waals surface area contributed by atoms with E-state index in [9.17, 15) is 4.79 Å². The molecule has 1 saturated heterocycles. The van der Waals surface area contributed by atoms with Crippen molar-refractivity contribution in [3.63, 3.8) is 0 Å². The number of hydrogen-bond acceptors (Lipinski definition) is 2. The lowest BCUT2D eigenvalue weighted by Gasteiger charge is -2.23. The van der Waals surface area contributed by atoms with Crippen molar-refractivity contribution in [2.24, 2.45) is 5.41 Å². The summed E-state index contributed by atoms with van der Waals surface area (Å²) in [5.74, 6) is 0.263. The number of amides is 1. The minimum absolute atomic E-state index is 0.263. The highest BCUT2D eigenvalue weighted by Gasteiger charge is 2.26. The first-order valence-electron chi connectivity index (χ1n) is 5.70. The second kappa shape index (κ2) is 5.16. The topological polar surface area (TPSA) is 44.1 Å². The Morgan fingerprint density at radius 2 is 2.20 bits per heavy atom. The van der Waals surface area contributed by atoms with Gasteiger partial charge < -0.3 is 4.90 Å². The molecular weight excluding hydrogens is 188 g/mol. The summed E-state index contributed by atoms with van der Waals surface area (Å²) in [4.78, 5) is 13.7. The Morgan fingerprint density at radius 3 is 2.87 bits per heavy atom. The van der Waals surface area contributed by atoms with E-state index in [0.29, 0.717) is 18.3 Å². The summed E-state index contributed by atoms with van der Waals surface area (Å²) in [6, 6.07) is 2.12. The van der Waals surface area contributed by atoms with Gasteiger partial charge in [-0.25, -0.2) is 0 Å². The first-order chi connectivity index (χ1) is 7.05. The largest absolute Gasteiger partial charge is 0.343 e. The third-order valence-electron chi connectivity index (χ3n) is 3.14. The molecule has 1 aliphatic rings. The zero-order chi connectivity index (χ0) is 11.3. The van der Waals surface area contributed by atoms with E-state index in [2.05, 4.69) is 19.9 Å². The Bertz CT molecular complexity index is 265. The van der Waals surface area contributed by atoms with Crippen LogP contribution in [0.5, 0.6) is 0 Å². The van der Waals surface area contributed by atoms with Gasteiger partial charge in [0.2, 0.25) is 5.91 Å². The number of unbranched alkanes of at least 4 members (excludes halogenated alkanes) is 1. The van der Waals surface area contributed by atoms with Crippen molar-refractivity contribution in [2.75, 3.05) is 13.1 Å². The standard InChI is InChI=1S/C12H20N2O/c1-12(2)6-5-11(15)14(10-7-12)9-4-3-8-13/h3-7,9-10H2,1-2H3. The number of carbonyl (C=O) groups excluding carboxylic acids is 1. The highest BCUT2D eigenvalue weighted by atomic mass is 16.2. The van der Waals surface area contributed by atoms with E-state index in [4.69, 9.17) is 5.26 Å². The number of nitriles is 1. The number of nitrogens with zero attached hydrogens (tertiary/aromatic N) is 2. The lowest BCUT2D eigenvalue weighted by Crippen LogP contribution is -2.31. The van der Waals surface area contributed by atoms with Crippen LogP contribution in [-0.2, 0) is 4.79 Å². The fourth-order valence-corrected chi connectivity index (χ4v) is 1.88. The number of hydrogen-bond donors (Lipinski definition) is 0. The molecule has 0 aromatic rings. The summed E-state index contributed by atoms with van der Waals surface area (Å²) in [7, 11) is 0. The molecule has 3 heteroatoms. The quantitative estimate of drug-likeness (QED) is 0.668. The molecule has 1 fully saturated rings. The predicted molar refractivity (Wildman–Crippen MR) is 59.1 cm³/mol. The normalized spacial score (nSPS) is 20.9. The molecule has 0 spiro atoms. The molecule has 1 heterocycles. The van der Waals surface area contributed by atoms with Gasteiger partial charge in [0.05, 0.1) is 6.07 Å². The van der Waals surface area contributed by atoms with Gasteiger partial charge in [-0.2, -0.15) is 5.26 Å². The molecule has 0 aromatic carbocycles. The SMILES string of the molecule is CC1(C)CCC(=O)N(CCCC#N)CC1. The van der Waals surface area contributed by atoms with E-state index in [-0.39, 0.29) is 5.91 Å². The number of rotatable bonds is 3. The van der Waals surface area contributed by atoms with E-state index < -0.39 is 0 Å². The Labute approximate surface area is 92.1 Å². The summed E-state index contributed by atoms with van der Waals surface area (Å²) in [6.45, 7) is 6.05. The van der Waals surface area contributed by atoms with Crippen LogP contribution in [0.15, 0.2) is 0 Å². The Kier molecular flexibility index (Phi) is 4.14. The van der Waals surface area contributed by atoms with Gasteiger partial charge in [0.1, 0.15) is 0 Å². The van der Waals surface area contributed by atoms with Gasteiger partial charge in [-0.1, -0.05) is 13.8 Å². The zero-order valence-corrected chi connectivity index (χ0v) is 9.75. The summed E-state index contributed by atoms with van der Waals surface area (Å²) in [5.41, 5.74) is 0.291. The molecule has 0 unspecified atom stereocenters. The van der Waals surface area contributed by atoms with Crippen LogP contribution in [0.1, 0.15) is 46.0 Å². The third-order valence-corrected chi connectivity index (χ3v) is 3.14. The van der Waals surface area contributed by atoms with Gasteiger partial charge in [-0.3, -0.25) is 4.79 Å². The van der Waals surface area contributed by atoms with Crippen LogP contribution in [-0.4, -0.2) is 23.9 Å². The fourth-order valence-electron chi connectivity index (χ4n) is 1.88. The minimum Gasteiger partial charge on any atom is -0.343 e. The van der Waals surface area contributed by atoms with E-state index in [1.807, 2.05) is 4.90 Å². The van der Waals surface area contributed by atoms with Gasteiger partial charge in [-0.15, -0.1) is 0 Å². The monoisotopic (exact) mass is 208 g/mol. The average molecular weight is 208 g/mol. The Hall–Kier alpha value is -1.04. The van der Waals surface area contributed by atoms with Gasteiger partial charge in [0.15, 0.2) is 0 Å². The predicted octanol–water partition coefficient (Wildman–Crippen LogP) is 2.33. The highest BCUT2D eigenvalue weighted by Crippen LogP contribution is 2.30. The molecule has 0 radical (unpaired) electrons. The molecule has 0 bridgehead atoms. The number of carbonyl (C=O) groups is 1. The molecule has 0 aromatic heterocycles. The molecule has 1 rings (SSSR count). The summed E-state index contributed by atoms with van der Waals surface area (Å²) < 4.78 is 0. The van der Waals surface area contributed by atoms with Gasteiger partial charge in [0.25, 0.3) is 0 Å². The van der Waals surface area contributed by atoms with Crippen LogP contribution in [0, 0.1) is 16.7 Å². The van der Waals surface area contributed by atoms with Gasteiger partial charge >= 0.3 is 0 Å². The zero-order valence-electron chi connectivity index (χ0n) is 9.75. The fraction of sp³-hybridized carbons (Fsp3) is 0.833. The Balaban J connectivity index is 2.44. The molecule has 0 atom stereocenters. The van der Waals surface area contributed by atoms with Crippen LogP contribution in [0.2, 0.25) is 0 Å². The van der Waals surface area contributed by atoms with E-state index in [1.54, 1.807) is 0 Å². The van der Waals surface area contributed by atoms with Crippen molar-refractivity contribution in [3.8, 4) is 6.07 Å². The molecule has 3 nitrogen and oxygen atoms in total. The smallest absolute Gasteiger partial charge is 0.222 e. The minimum atomic E-state index is 0.263. The molecule has 1 amide bonds. The molecule has 0 N–H and O–H groups in total. The van der Waals surface area contributed by atoms with E-state index >= 15 is 0 Å². The summed E-state index contributed by atoms with van der Waals surface area (Å²) in [5, 5.41) is 8.45. The molecule has 15 heavy (non-hydrogen) atoms. The maximum Gasteiger partial charge on any atom is 0.222 e.